The quantitative estimate of drug-likeness (QED) is 0.127. The van der Waals surface area contributed by atoms with Crippen LogP contribution in [0.25, 0.3) is 10.9 Å². The van der Waals surface area contributed by atoms with Gasteiger partial charge in [0.05, 0.1) is 38.6 Å². The van der Waals surface area contributed by atoms with Gasteiger partial charge in [-0.3, -0.25) is 15.7 Å². The van der Waals surface area contributed by atoms with E-state index in [1.54, 1.807) is 6.07 Å². The first-order valence-corrected chi connectivity index (χ1v) is 16.1. The molecule has 2 saturated heterocycles. The summed E-state index contributed by atoms with van der Waals surface area (Å²) in [6, 6.07) is 10.4. The van der Waals surface area contributed by atoms with Gasteiger partial charge in [-0.05, 0) is 82.7 Å². The maximum absolute atomic E-state index is 13.8. The van der Waals surface area contributed by atoms with Gasteiger partial charge in [-0.25, -0.2) is 4.39 Å². The molecule has 0 amide bonds. The molecule has 0 aliphatic carbocycles. The fourth-order valence-electron chi connectivity index (χ4n) is 6.10. The second-order valence-corrected chi connectivity index (χ2v) is 13.5. The Kier molecular flexibility index (Phi) is 10.6. The number of nitrogens with one attached hydrogen (secondary N) is 4. The predicted octanol–water partition coefficient (Wildman–Crippen LogP) is 6.66. The van der Waals surface area contributed by atoms with Crippen LogP contribution in [-0.2, 0) is 4.74 Å². The number of nitriles is 1. The van der Waals surface area contributed by atoms with Gasteiger partial charge in [0.2, 0.25) is 0 Å². The first-order valence-electron chi connectivity index (χ1n) is 15.3. The second-order valence-electron chi connectivity index (χ2n) is 12.7. The van der Waals surface area contributed by atoms with E-state index >= 15 is 0 Å². The summed E-state index contributed by atoms with van der Waals surface area (Å²) in [6.07, 6.45) is 7.29. The lowest BCUT2D eigenvalue weighted by molar-refractivity contribution is 0.0630. The van der Waals surface area contributed by atoms with Gasteiger partial charge < -0.3 is 26.1 Å². The van der Waals surface area contributed by atoms with Crippen molar-refractivity contribution in [2.45, 2.75) is 64.1 Å². The van der Waals surface area contributed by atoms with Crippen molar-refractivity contribution in [2.24, 2.45) is 11.8 Å². The number of likely N-dealkylation sites (tertiary alicyclic amines) is 1. The van der Waals surface area contributed by atoms with Gasteiger partial charge in [0.15, 0.2) is 0 Å². The Morgan fingerprint density at radius 1 is 1.11 bits per heavy atom. The third-order valence-electron chi connectivity index (χ3n) is 8.71. The molecular weight excluding hydrogens is 614 g/mol. The first-order chi connectivity index (χ1) is 21.6. The van der Waals surface area contributed by atoms with E-state index in [-0.39, 0.29) is 22.5 Å². The molecule has 240 valence electrons. The molecule has 9 nitrogen and oxygen atoms in total. The molecule has 0 saturated carbocycles. The van der Waals surface area contributed by atoms with Crippen LogP contribution in [0.5, 0.6) is 0 Å². The van der Waals surface area contributed by atoms with Crippen molar-refractivity contribution in [1.82, 2.24) is 20.6 Å². The molecule has 5 rings (SSSR count). The van der Waals surface area contributed by atoms with E-state index in [0.717, 1.165) is 50.2 Å². The lowest BCUT2D eigenvalue weighted by atomic mass is 9.89. The first kappa shape index (κ1) is 33.0. The molecule has 1 aromatic heterocycles. The average molecular weight is 656 g/mol. The Labute approximate surface area is 274 Å². The summed E-state index contributed by atoms with van der Waals surface area (Å²) in [6.45, 7) is 10.2. The minimum absolute atomic E-state index is 0.0291. The number of fused-ring (bicyclic) bond motifs is 1. The molecule has 6 N–H and O–H groups in total. The number of nitrogens with zero attached hydrogens (tertiary/aromatic N) is 3. The van der Waals surface area contributed by atoms with Crippen LogP contribution in [0.4, 0.5) is 21.5 Å². The molecule has 3 heterocycles. The summed E-state index contributed by atoms with van der Waals surface area (Å²) in [7, 11) is 0. The predicted molar refractivity (Wildman–Crippen MR) is 180 cm³/mol. The topological polar surface area (TPSA) is 123 Å². The minimum atomic E-state index is -0.529. The zero-order valence-electron chi connectivity index (χ0n) is 25.9. The van der Waals surface area contributed by atoms with Gasteiger partial charge >= 0.3 is 0 Å². The largest absolute Gasteiger partial charge is 0.387 e. The van der Waals surface area contributed by atoms with Crippen LogP contribution in [0.2, 0.25) is 10.0 Å². The van der Waals surface area contributed by atoms with Crippen molar-refractivity contribution in [1.29, 1.82) is 5.26 Å². The van der Waals surface area contributed by atoms with E-state index in [9.17, 15) is 9.65 Å². The number of hydrogen-bond acceptors (Lipinski definition) is 9. The molecule has 45 heavy (non-hydrogen) atoms. The number of piperidine rings is 1. The smallest absolute Gasteiger partial charge is 0.141 e. The van der Waals surface area contributed by atoms with Gasteiger partial charge in [0.1, 0.15) is 11.9 Å². The standard InChI is InChI=1S/C33H41Cl2FN8O/c1-33(2,3)44-10-6-22(7-11-44)39-19-29(43-38)31(20-8-12-45-13-9-20)42-24-14-25-30(41-23-4-5-28(36)26(34)15-23)21(17-37)18-40-32(25)27(35)16-24/h4-5,14-16,18-20,22,31,39,42-43H,6-13,38H2,1-3H3,(H,40,41)/b29-19-/t31-/m0/s1. The van der Waals surface area contributed by atoms with E-state index in [2.05, 4.69) is 58.1 Å². The van der Waals surface area contributed by atoms with E-state index in [1.807, 2.05) is 18.3 Å². The SMILES string of the molecule is CC(C)(C)N1CCC(N/C=C(\NN)[C@@H](Nc2cc(Cl)c3ncc(C#N)c(Nc4ccc(F)c(Cl)c4)c3c2)C2CCOCC2)CC1. The fraction of sp³-hybridized carbons (Fsp3) is 0.455. The molecule has 3 aromatic rings. The number of nitrogens with two attached hydrogens (primary N) is 1. The molecule has 2 aromatic carbocycles. The van der Waals surface area contributed by atoms with E-state index in [1.165, 1.54) is 18.3 Å². The highest BCUT2D eigenvalue weighted by Crippen LogP contribution is 2.37. The fourth-order valence-corrected chi connectivity index (χ4v) is 6.55. The number of halogens is 3. The summed E-state index contributed by atoms with van der Waals surface area (Å²) in [4.78, 5) is 6.99. The van der Waals surface area contributed by atoms with Crippen molar-refractivity contribution in [2.75, 3.05) is 36.9 Å². The summed E-state index contributed by atoms with van der Waals surface area (Å²) in [5.41, 5.74) is 6.54. The maximum atomic E-state index is 13.8. The Hall–Kier alpha value is -3.33. The van der Waals surface area contributed by atoms with Crippen molar-refractivity contribution in [3.8, 4) is 6.07 Å². The molecule has 0 radical (unpaired) electrons. The molecule has 12 heteroatoms. The number of pyridine rings is 1. The highest BCUT2D eigenvalue weighted by molar-refractivity contribution is 6.36. The minimum Gasteiger partial charge on any atom is -0.387 e. The summed E-state index contributed by atoms with van der Waals surface area (Å²) in [5, 5.41) is 21.5. The molecule has 0 unspecified atom stereocenters. The molecule has 2 fully saturated rings. The van der Waals surface area contributed by atoms with Crippen molar-refractivity contribution >= 4 is 51.2 Å². The van der Waals surface area contributed by atoms with Gasteiger partial charge in [-0.15, -0.1) is 0 Å². The average Bonchev–Trinajstić information content (AvgIpc) is 3.03. The lowest BCUT2D eigenvalue weighted by Crippen LogP contribution is -2.49. The Bertz CT molecular complexity index is 1570. The molecule has 2 aliphatic heterocycles. The normalized spacial score (nSPS) is 18.0. The highest BCUT2D eigenvalue weighted by Gasteiger charge is 2.29. The van der Waals surface area contributed by atoms with Crippen molar-refractivity contribution in [3.05, 3.63) is 69.9 Å². The van der Waals surface area contributed by atoms with Crippen LogP contribution in [0.3, 0.4) is 0 Å². The number of hydrogen-bond donors (Lipinski definition) is 5. The lowest BCUT2D eigenvalue weighted by Gasteiger charge is -2.41. The Balaban J connectivity index is 1.45. The molecular formula is C33H41Cl2FN8O. The zero-order valence-corrected chi connectivity index (χ0v) is 27.4. The Morgan fingerprint density at radius 2 is 1.82 bits per heavy atom. The molecule has 1 atom stereocenters. The van der Waals surface area contributed by atoms with E-state index in [0.29, 0.717) is 52.1 Å². The van der Waals surface area contributed by atoms with Gasteiger partial charge in [-0.2, -0.15) is 5.26 Å². The Morgan fingerprint density at radius 3 is 2.47 bits per heavy atom. The van der Waals surface area contributed by atoms with Crippen molar-refractivity contribution in [3.63, 3.8) is 0 Å². The molecule has 0 spiro atoms. The number of hydrazine groups is 1. The third kappa shape index (κ3) is 7.91. The maximum Gasteiger partial charge on any atom is 0.141 e. The summed E-state index contributed by atoms with van der Waals surface area (Å²) in [5.74, 6) is 5.87. The van der Waals surface area contributed by atoms with Crippen molar-refractivity contribution < 1.29 is 9.13 Å². The van der Waals surface area contributed by atoms with Crippen LogP contribution < -0.4 is 27.2 Å². The third-order valence-corrected chi connectivity index (χ3v) is 9.29. The zero-order chi connectivity index (χ0) is 32.1. The van der Waals surface area contributed by atoms with E-state index < -0.39 is 5.82 Å². The van der Waals surface area contributed by atoms with Gasteiger partial charge in [0.25, 0.3) is 0 Å². The number of rotatable bonds is 9. The molecule has 0 bridgehead atoms. The van der Waals surface area contributed by atoms with Crippen LogP contribution >= 0.6 is 23.2 Å². The summed E-state index contributed by atoms with van der Waals surface area (Å²) >= 11 is 12.8. The highest BCUT2D eigenvalue weighted by atomic mass is 35.5. The number of aromatic nitrogens is 1. The van der Waals surface area contributed by atoms with Gasteiger partial charge in [-0.1, -0.05) is 23.2 Å². The monoisotopic (exact) mass is 654 g/mol. The number of benzene rings is 2. The van der Waals surface area contributed by atoms with E-state index in [4.69, 9.17) is 33.8 Å². The van der Waals surface area contributed by atoms with Gasteiger partial charge in [0, 0.05) is 67.0 Å². The number of ether oxygens (including phenoxy) is 1. The second kappa shape index (κ2) is 14.4. The van der Waals surface area contributed by atoms with Crippen LogP contribution in [0.15, 0.2) is 48.4 Å². The van der Waals surface area contributed by atoms with Crippen LogP contribution in [0, 0.1) is 23.1 Å². The summed E-state index contributed by atoms with van der Waals surface area (Å²) < 4.78 is 19.5. The van der Waals surface area contributed by atoms with Crippen LogP contribution in [-0.4, -0.2) is 53.8 Å². The van der Waals surface area contributed by atoms with Crippen LogP contribution in [0.1, 0.15) is 52.0 Å². The molecule has 2 aliphatic rings. The number of anilines is 3.